The van der Waals surface area contributed by atoms with Crippen molar-refractivity contribution in [3.05, 3.63) is 48.1 Å². The molecule has 1 rings (SSSR count). The van der Waals surface area contributed by atoms with Gasteiger partial charge < -0.3 is 0 Å². The molecule has 0 heterocycles. The fourth-order valence-electron chi connectivity index (χ4n) is 1.43. The Morgan fingerprint density at radius 2 is 2.00 bits per heavy atom. The molecule has 0 amide bonds. The monoisotopic (exact) mass is 190 g/mol. The topological polar surface area (TPSA) is 0 Å². The second kappa shape index (κ2) is 7.37. The van der Waals surface area contributed by atoms with Gasteiger partial charge in [0, 0.05) is 0 Å². The van der Waals surface area contributed by atoms with Crippen LogP contribution in [-0.4, -0.2) is 0 Å². The van der Waals surface area contributed by atoms with Crippen molar-refractivity contribution in [3.63, 3.8) is 0 Å². The van der Waals surface area contributed by atoms with Crippen LogP contribution in [0.1, 0.15) is 34.1 Å². The predicted molar refractivity (Wildman–Crippen MR) is 66.3 cm³/mol. The molecule has 0 aromatic rings. The molecule has 1 aliphatic carbocycles. The molecular formula is C14H22. The van der Waals surface area contributed by atoms with Crippen LogP contribution in [0.4, 0.5) is 0 Å². The van der Waals surface area contributed by atoms with Crippen molar-refractivity contribution >= 4 is 0 Å². The first-order chi connectivity index (χ1) is 6.77. The third-order valence-corrected chi connectivity index (χ3v) is 2.07. The van der Waals surface area contributed by atoms with E-state index in [1.165, 1.54) is 11.1 Å². The SMILES string of the molecule is C=CC1=CCC(C)C=C1/C=C\C.CC. The lowest BCUT2D eigenvalue weighted by molar-refractivity contribution is 0.728. The maximum atomic E-state index is 3.80. The highest BCUT2D eigenvalue weighted by molar-refractivity contribution is 5.47. The normalized spacial score (nSPS) is 20.7. The molecular weight excluding hydrogens is 168 g/mol. The summed E-state index contributed by atoms with van der Waals surface area (Å²) in [5, 5.41) is 0. The summed E-state index contributed by atoms with van der Waals surface area (Å²) in [7, 11) is 0. The van der Waals surface area contributed by atoms with E-state index < -0.39 is 0 Å². The molecule has 0 heteroatoms. The average Bonchev–Trinajstić information content (AvgIpc) is 2.22. The van der Waals surface area contributed by atoms with Crippen LogP contribution in [0.5, 0.6) is 0 Å². The molecule has 78 valence electrons. The number of rotatable bonds is 2. The van der Waals surface area contributed by atoms with Crippen LogP contribution in [0.3, 0.4) is 0 Å². The highest BCUT2D eigenvalue weighted by Gasteiger charge is 2.07. The van der Waals surface area contributed by atoms with Gasteiger partial charge in [-0.1, -0.05) is 57.7 Å². The van der Waals surface area contributed by atoms with Gasteiger partial charge in [0.25, 0.3) is 0 Å². The summed E-state index contributed by atoms with van der Waals surface area (Å²) in [6, 6.07) is 0. The summed E-state index contributed by atoms with van der Waals surface area (Å²) >= 11 is 0. The van der Waals surface area contributed by atoms with Crippen molar-refractivity contribution in [2.75, 3.05) is 0 Å². The van der Waals surface area contributed by atoms with Crippen LogP contribution < -0.4 is 0 Å². The Hall–Kier alpha value is -1.04. The Morgan fingerprint density at radius 1 is 1.36 bits per heavy atom. The summed E-state index contributed by atoms with van der Waals surface area (Å²) in [6.07, 6.45) is 11.8. The molecule has 0 radical (unpaired) electrons. The third-order valence-electron chi connectivity index (χ3n) is 2.07. The molecule has 14 heavy (non-hydrogen) atoms. The summed E-state index contributed by atoms with van der Waals surface area (Å²) in [5.41, 5.74) is 2.58. The first-order valence-corrected chi connectivity index (χ1v) is 5.45. The fourth-order valence-corrected chi connectivity index (χ4v) is 1.43. The van der Waals surface area contributed by atoms with Crippen LogP contribution >= 0.6 is 0 Å². The molecule has 0 saturated heterocycles. The van der Waals surface area contributed by atoms with E-state index in [2.05, 4.69) is 37.8 Å². The zero-order valence-corrected chi connectivity index (χ0v) is 9.88. The van der Waals surface area contributed by atoms with E-state index in [1.807, 2.05) is 26.8 Å². The minimum Gasteiger partial charge on any atom is -0.0985 e. The zero-order chi connectivity index (χ0) is 11.0. The van der Waals surface area contributed by atoms with Crippen molar-refractivity contribution in [2.24, 2.45) is 5.92 Å². The predicted octanol–water partition coefficient (Wildman–Crippen LogP) is 4.67. The smallest absolute Gasteiger partial charge is 0.0218 e. The van der Waals surface area contributed by atoms with Crippen LogP contribution in [-0.2, 0) is 0 Å². The van der Waals surface area contributed by atoms with Crippen molar-refractivity contribution in [3.8, 4) is 0 Å². The maximum absolute atomic E-state index is 3.80. The average molecular weight is 190 g/mol. The molecule has 0 spiro atoms. The van der Waals surface area contributed by atoms with Gasteiger partial charge in [0.15, 0.2) is 0 Å². The quantitative estimate of drug-likeness (QED) is 0.593. The Morgan fingerprint density at radius 3 is 2.50 bits per heavy atom. The third kappa shape index (κ3) is 3.78. The number of allylic oxidation sites excluding steroid dienone is 7. The first-order valence-electron chi connectivity index (χ1n) is 5.45. The van der Waals surface area contributed by atoms with Gasteiger partial charge in [-0.05, 0) is 30.4 Å². The van der Waals surface area contributed by atoms with Crippen LogP contribution in [0.25, 0.3) is 0 Å². The summed E-state index contributed by atoms with van der Waals surface area (Å²) in [4.78, 5) is 0. The first kappa shape index (κ1) is 13.0. The van der Waals surface area contributed by atoms with E-state index in [-0.39, 0.29) is 0 Å². The Labute approximate surface area is 88.7 Å². The summed E-state index contributed by atoms with van der Waals surface area (Å²) in [6.45, 7) is 12.1. The number of hydrogen-bond donors (Lipinski definition) is 0. The Kier molecular flexibility index (Phi) is 6.82. The molecule has 0 fully saturated rings. The van der Waals surface area contributed by atoms with Gasteiger partial charge in [0.05, 0.1) is 0 Å². The van der Waals surface area contributed by atoms with Gasteiger partial charge in [-0.2, -0.15) is 0 Å². The lowest BCUT2D eigenvalue weighted by Gasteiger charge is -2.14. The number of hydrogen-bond acceptors (Lipinski definition) is 0. The molecule has 1 unspecified atom stereocenters. The minimum atomic E-state index is 0.667. The Bertz CT molecular complexity index is 251. The van der Waals surface area contributed by atoms with Gasteiger partial charge >= 0.3 is 0 Å². The minimum absolute atomic E-state index is 0.667. The molecule has 0 aromatic carbocycles. The lowest BCUT2D eigenvalue weighted by atomic mass is 9.91. The van der Waals surface area contributed by atoms with Crippen molar-refractivity contribution < 1.29 is 0 Å². The molecule has 0 nitrogen and oxygen atoms in total. The van der Waals surface area contributed by atoms with E-state index in [1.54, 1.807) is 0 Å². The van der Waals surface area contributed by atoms with Gasteiger partial charge in [-0.3, -0.25) is 0 Å². The summed E-state index contributed by atoms with van der Waals surface area (Å²) in [5.74, 6) is 0.667. The summed E-state index contributed by atoms with van der Waals surface area (Å²) < 4.78 is 0. The molecule has 0 bridgehead atoms. The molecule has 0 aliphatic heterocycles. The largest absolute Gasteiger partial charge is 0.0985 e. The molecule has 0 saturated carbocycles. The van der Waals surface area contributed by atoms with Gasteiger partial charge in [-0.25, -0.2) is 0 Å². The molecule has 0 aromatic heterocycles. The van der Waals surface area contributed by atoms with Crippen LogP contribution in [0.2, 0.25) is 0 Å². The van der Waals surface area contributed by atoms with Gasteiger partial charge in [-0.15, -0.1) is 0 Å². The fraction of sp³-hybridized carbons (Fsp3) is 0.429. The molecule has 1 aliphatic rings. The lowest BCUT2D eigenvalue weighted by Crippen LogP contribution is -1.98. The second-order valence-electron chi connectivity index (χ2n) is 3.20. The van der Waals surface area contributed by atoms with E-state index >= 15 is 0 Å². The second-order valence-corrected chi connectivity index (χ2v) is 3.20. The van der Waals surface area contributed by atoms with E-state index in [0.717, 1.165) is 6.42 Å². The Balaban J connectivity index is 0.000000791. The van der Waals surface area contributed by atoms with E-state index in [9.17, 15) is 0 Å². The van der Waals surface area contributed by atoms with Gasteiger partial charge in [0.2, 0.25) is 0 Å². The maximum Gasteiger partial charge on any atom is -0.0218 e. The highest BCUT2D eigenvalue weighted by Crippen LogP contribution is 2.24. The highest BCUT2D eigenvalue weighted by atomic mass is 14.1. The molecule has 0 N–H and O–H groups in total. The van der Waals surface area contributed by atoms with Crippen molar-refractivity contribution in [1.29, 1.82) is 0 Å². The molecule has 1 atom stereocenters. The van der Waals surface area contributed by atoms with Gasteiger partial charge in [0.1, 0.15) is 0 Å². The van der Waals surface area contributed by atoms with E-state index in [4.69, 9.17) is 0 Å². The van der Waals surface area contributed by atoms with Crippen molar-refractivity contribution in [1.82, 2.24) is 0 Å². The zero-order valence-electron chi connectivity index (χ0n) is 9.88. The van der Waals surface area contributed by atoms with Crippen LogP contribution in [0, 0.1) is 5.92 Å². The van der Waals surface area contributed by atoms with Crippen LogP contribution in [0.15, 0.2) is 48.1 Å². The standard InChI is InChI=1S/C12H16.C2H6/c1-4-6-12-9-10(3)7-8-11(12)5-2;1-2/h4-6,8-10H,2,7H2,1,3H3;1-2H3/b6-4-;. The van der Waals surface area contributed by atoms with E-state index in [0.29, 0.717) is 5.92 Å². The van der Waals surface area contributed by atoms with Crippen molar-refractivity contribution in [2.45, 2.75) is 34.1 Å².